The van der Waals surface area contributed by atoms with Gasteiger partial charge in [0.05, 0.1) is 25.2 Å². The zero-order valence-electron chi connectivity index (χ0n) is 13.8. The lowest BCUT2D eigenvalue weighted by atomic mass is 9.50. The van der Waals surface area contributed by atoms with Crippen molar-refractivity contribution in [3.8, 4) is 5.75 Å². The molecule has 6 heteroatoms. The van der Waals surface area contributed by atoms with Crippen molar-refractivity contribution in [3.05, 3.63) is 39.4 Å². The summed E-state index contributed by atoms with van der Waals surface area (Å²) in [6.07, 6.45) is 5.63. The van der Waals surface area contributed by atoms with Gasteiger partial charge in [0, 0.05) is 33.0 Å². The first-order valence-corrected chi connectivity index (χ1v) is 9.67. The van der Waals surface area contributed by atoms with Crippen molar-refractivity contribution in [3.63, 3.8) is 0 Å². The van der Waals surface area contributed by atoms with Crippen LogP contribution in [0, 0.1) is 11.3 Å². The SMILES string of the molecule is OCc1cc(Br)c2c3c1OC1C(CO)(CO)C=CC4C(C2)NCCC341. The number of nitrogens with one attached hydrogen (secondary N) is 1. The average Bonchev–Trinajstić information content (AvgIpc) is 2.97. The molecule has 25 heavy (non-hydrogen) atoms. The maximum atomic E-state index is 10.2. The van der Waals surface area contributed by atoms with Gasteiger partial charge in [-0.1, -0.05) is 28.1 Å². The summed E-state index contributed by atoms with van der Waals surface area (Å²) in [4.78, 5) is 0. The third-order valence-corrected chi connectivity index (χ3v) is 7.60. The molecular formula is C19H22BrNO4. The summed E-state index contributed by atoms with van der Waals surface area (Å²) in [5.74, 6) is 1.04. The van der Waals surface area contributed by atoms with E-state index in [4.69, 9.17) is 4.74 Å². The van der Waals surface area contributed by atoms with Crippen LogP contribution in [-0.2, 0) is 18.4 Å². The molecule has 4 unspecified atom stereocenters. The van der Waals surface area contributed by atoms with E-state index in [2.05, 4.69) is 27.3 Å². The summed E-state index contributed by atoms with van der Waals surface area (Å²) in [6, 6.07) is 2.27. The van der Waals surface area contributed by atoms with Gasteiger partial charge in [0.15, 0.2) is 0 Å². The Hall–Kier alpha value is -0.920. The van der Waals surface area contributed by atoms with Crippen LogP contribution in [0.1, 0.15) is 23.1 Å². The van der Waals surface area contributed by atoms with Crippen LogP contribution in [0.2, 0.25) is 0 Å². The van der Waals surface area contributed by atoms with E-state index in [0.29, 0.717) is 6.04 Å². The topological polar surface area (TPSA) is 82.0 Å². The number of hydrogen-bond donors (Lipinski definition) is 4. The normalized spacial score (nSPS) is 36.1. The quantitative estimate of drug-likeness (QED) is 0.562. The highest BCUT2D eigenvalue weighted by Gasteiger charge is 2.66. The molecule has 1 aromatic rings. The monoisotopic (exact) mass is 407 g/mol. The third kappa shape index (κ3) is 1.77. The van der Waals surface area contributed by atoms with E-state index in [0.717, 1.165) is 35.2 Å². The Kier molecular flexibility index (Phi) is 3.45. The van der Waals surface area contributed by atoms with Gasteiger partial charge in [-0.15, -0.1) is 0 Å². The van der Waals surface area contributed by atoms with E-state index in [1.807, 2.05) is 12.1 Å². The van der Waals surface area contributed by atoms with Crippen LogP contribution in [0.25, 0.3) is 0 Å². The second-order valence-corrected chi connectivity index (χ2v) is 8.70. The Balaban J connectivity index is 1.84. The highest BCUT2D eigenvalue weighted by Crippen LogP contribution is 2.64. The standard InChI is InChI=1S/C19H22BrNO4/c20-13-5-10(7-22)16-15-11(13)6-14-12-1-2-18(8-23,9-24)17(25-16)19(12,15)3-4-21-14/h1-2,5,12,14,17,21-24H,3-4,6-9H2. The molecule has 5 rings (SSSR count). The molecule has 0 radical (unpaired) electrons. The molecule has 2 bridgehead atoms. The highest BCUT2D eigenvalue weighted by molar-refractivity contribution is 9.10. The molecule has 0 saturated carbocycles. The van der Waals surface area contributed by atoms with E-state index >= 15 is 0 Å². The molecule has 2 heterocycles. The van der Waals surface area contributed by atoms with Crippen LogP contribution >= 0.6 is 15.9 Å². The van der Waals surface area contributed by atoms with Gasteiger partial charge >= 0.3 is 0 Å². The second-order valence-electron chi connectivity index (χ2n) is 7.85. The molecule has 1 aromatic carbocycles. The van der Waals surface area contributed by atoms with Gasteiger partial charge in [-0.05, 0) is 31.0 Å². The van der Waals surface area contributed by atoms with Gasteiger partial charge in [0.2, 0.25) is 0 Å². The average molecular weight is 408 g/mol. The first kappa shape index (κ1) is 16.3. The fraction of sp³-hybridized carbons (Fsp3) is 0.579. The van der Waals surface area contributed by atoms with Crippen molar-refractivity contribution in [2.75, 3.05) is 19.8 Å². The number of piperidine rings is 1. The molecule has 0 amide bonds. The van der Waals surface area contributed by atoms with Crippen LogP contribution in [0.5, 0.6) is 5.75 Å². The smallest absolute Gasteiger partial charge is 0.129 e. The maximum Gasteiger partial charge on any atom is 0.129 e. The number of rotatable bonds is 3. The van der Waals surface area contributed by atoms with Gasteiger partial charge in [-0.25, -0.2) is 0 Å². The van der Waals surface area contributed by atoms with Crippen LogP contribution in [0.3, 0.4) is 0 Å². The third-order valence-electron chi connectivity index (χ3n) is 6.89. The van der Waals surface area contributed by atoms with E-state index < -0.39 is 5.41 Å². The number of ether oxygens (including phenoxy) is 1. The maximum absolute atomic E-state index is 10.2. The summed E-state index contributed by atoms with van der Waals surface area (Å²) < 4.78 is 7.49. The van der Waals surface area contributed by atoms with Crippen molar-refractivity contribution in [2.45, 2.75) is 37.0 Å². The molecule has 1 spiro atoms. The summed E-state index contributed by atoms with van der Waals surface area (Å²) in [5, 5.41) is 33.8. The highest BCUT2D eigenvalue weighted by atomic mass is 79.9. The number of aliphatic hydroxyl groups excluding tert-OH is 3. The fourth-order valence-electron chi connectivity index (χ4n) is 5.79. The molecule has 134 valence electrons. The van der Waals surface area contributed by atoms with Crippen molar-refractivity contribution >= 4 is 15.9 Å². The molecule has 1 saturated heterocycles. The predicted octanol–water partition coefficient (Wildman–Crippen LogP) is 1.02. The molecule has 1 fully saturated rings. The zero-order chi connectivity index (χ0) is 17.4. The predicted molar refractivity (Wildman–Crippen MR) is 95.5 cm³/mol. The summed E-state index contributed by atoms with van der Waals surface area (Å²) in [7, 11) is 0. The van der Waals surface area contributed by atoms with Gasteiger partial charge in [0.1, 0.15) is 11.9 Å². The van der Waals surface area contributed by atoms with Gasteiger partial charge in [-0.3, -0.25) is 0 Å². The molecule has 4 N–H and O–H groups in total. The van der Waals surface area contributed by atoms with Gasteiger partial charge in [-0.2, -0.15) is 0 Å². The minimum atomic E-state index is -0.800. The largest absolute Gasteiger partial charge is 0.488 e. The number of aliphatic hydroxyl groups is 3. The molecule has 4 atom stereocenters. The number of benzene rings is 1. The van der Waals surface area contributed by atoms with Crippen molar-refractivity contribution in [1.29, 1.82) is 0 Å². The van der Waals surface area contributed by atoms with E-state index in [1.165, 1.54) is 11.1 Å². The van der Waals surface area contributed by atoms with Crippen LogP contribution in [0.4, 0.5) is 0 Å². The first-order valence-electron chi connectivity index (χ1n) is 8.88. The van der Waals surface area contributed by atoms with Crippen molar-refractivity contribution in [1.82, 2.24) is 5.32 Å². The minimum Gasteiger partial charge on any atom is -0.488 e. The first-order chi connectivity index (χ1) is 12.1. The molecule has 2 aliphatic heterocycles. The molecular weight excluding hydrogens is 386 g/mol. The van der Waals surface area contributed by atoms with Crippen LogP contribution in [0.15, 0.2) is 22.7 Å². The molecule has 2 aliphatic carbocycles. The Labute approximate surface area is 154 Å². The lowest BCUT2D eigenvalue weighted by Gasteiger charge is -2.57. The van der Waals surface area contributed by atoms with Gasteiger partial charge < -0.3 is 25.4 Å². The van der Waals surface area contributed by atoms with E-state index in [9.17, 15) is 15.3 Å². The lowest BCUT2D eigenvalue weighted by molar-refractivity contribution is -0.0670. The molecule has 5 nitrogen and oxygen atoms in total. The Bertz CT molecular complexity index is 775. The Morgan fingerprint density at radius 1 is 1.28 bits per heavy atom. The minimum absolute atomic E-state index is 0.0883. The number of halogens is 1. The van der Waals surface area contributed by atoms with E-state index in [1.54, 1.807) is 0 Å². The van der Waals surface area contributed by atoms with E-state index in [-0.39, 0.29) is 37.3 Å². The zero-order valence-corrected chi connectivity index (χ0v) is 15.4. The number of hydrogen-bond acceptors (Lipinski definition) is 5. The van der Waals surface area contributed by atoms with Crippen LogP contribution < -0.4 is 10.1 Å². The lowest BCUT2D eigenvalue weighted by Crippen LogP contribution is -2.67. The Morgan fingerprint density at radius 3 is 2.80 bits per heavy atom. The fourth-order valence-corrected chi connectivity index (χ4v) is 6.43. The summed E-state index contributed by atoms with van der Waals surface area (Å²) in [5.41, 5.74) is 2.14. The second kappa shape index (κ2) is 5.30. The molecule has 0 aromatic heterocycles. The van der Waals surface area contributed by atoms with Crippen molar-refractivity contribution in [2.24, 2.45) is 11.3 Å². The van der Waals surface area contributed by atoms with Crippen molar-refractivity contribution < 1.29 is 20.1 Å². The summed E-state index contributed by atoms with van der Waals surface area (Å²) in [6.45, 7) is 0.489. The van der Waals surface area contributed by atoms with Gasteiger partial charge in [0.25, 0.3) is 0 Å². The summed E-state index contributed by atoms with van der Waals surface area (Å²) >= 11 is 3.70. The van der Waals surface area contributed by atoms with Crippen LogP contribution in [-0.4, -0.2) is 47.2 Å². The Morgan fingerprint density at radius 2 is 2.08 bits per heavy atom. The molecule has 4 aliphatic rings.